The first kappa shape index (κ1) is 15.8. The Kier molecular flexibility index (Phi) is 5.87. The number of nitrogens with zero attached hydrogens (tertiary/aromatic N) is 3. The van der Waals surface area contributed by atoms with Crippen LogP contribution in [0, 0.1) is 5.92 Å². The SMILES string of the molecule is CCCNC(CC1CC1)c1c(Cl)cnn1CCN(C)C. The van der Waals surface area contributed by atoms with Gasteiger partial charge in [-0.15, -0.1) is 0 Å². The maximum atomic E-state index is 6.40. The highest BCUT2D eigenvalue weighted by molar-refractivity contribution is 6.31. The van der Waals surface area contributed by atoms with Gasteiger partial charge in [-0.3, -0.25) is 4.68 Å². The molecule has 5 heteroatoms. The molecule has 0 spiro atoms. The number of likely N-dealkylation sites (N-methyl/N-ethyl adjacent to an activating group) is 1. The fourth-order valence-electron chi connectivity index (χ4n) is 2.49. The summed E-state index contributed by atoms with van der Waals surface area (Å²) in [5.74, 6) is 0.873. The Morgan fingerprint density at radius 3 is 2.85 bits per heavy atom. The van der Waals surface area contributed by atoms with E-state index < -0.39 is 0 Å². The maximum Gasteiger partial charge on any atom is 0.0834 e. The Hall–Kier alpha value is -0.580. The maximum absolute atomic E-state index is 6.40. The van der Waals surface area contributed by atoms with Crippen LogP contribution in [0.25, 0.3) is 0 Å². The van der Waals surface area contributed by atoms with Crippen molar-refractivity contribution in [3.05, 3.63) is 16.9 Å². The van der Waals surface area contributed by atoms with E-state index >= 15 is 0 Å². The van der Waals surface area contributed by atoms with E-state index in [-0.39, 0.29) is 0 Å². The summed E-state index contributed by atoms with van der Waals surface area (Å²) in [6, 6.07) is 0.347. The van der Waals surface area contributed by atoms with Gasteiger partial charge in [0.05, 0.1) is 29.5 Å². The van der Waals surface area contributed by atoms with Crippen LogP contribution in [0.15, 0.2) is 6.20 Å². The van der Waals surface area contributed by atoms with Gasteiger partial charge in [-0.1, -0.05) is 31.4 Å². The average Bonchev–Trinajstić information content (AvgIpc) is 3.15. The molecule has 1 aliphatic rings. The lowest BCUT2D eigenvalue weighted by Gasteiger charge is -2.21. The first-order valence-corrected chi connectivity index (χ1v) is 8.09. The summed E-state index contributed by atoms with van der Waals surface area (Å²) >= 11 is 6.40. The van der Waals surface area contributed by atoms with E-state index in [0.29, 0.717) is 6.04 Å². The predicted molar refractivity (Wildman–Crippen MR) is 84.2 cm³/mol. The number of rotatable bonds is 9. The summed E-state index contributed by atoms with van der Waals surface area (Å²) in [5.41, 5.74) is 1.17. The van der Waals surface area contributed by atoms with E-state index in [2.05, 4.69) is 41.0 Å². The zero-order valence-corrected chi connectivity index (χ0v) is 13.7. The second kappa shape index (κ2) is 7.43. The minimum Gasteiger partial charge on any atom is -0.309 e. The number of hydrogen-bond acceptors (Lipinski definition) is 3. The molecule has 0 saturated heterocycles. The molecule has 1 N–H and O–H groups in total. The van der Waals surface area contributed by atoms with Crippen molar-refractivity contribution in [1.82, 2.24) is 20.0 Å². The van der Waals surface area contributed by atoms with Crippen molar-refractivity contribution in [3.63, 3.8) is 0 Å². The standard InChI is InChI=1S/C15H27ClN4/c1-4-7-17-14(10-12-5-6-12)15-13(16)11-18-20(15)9-8-19(2)3/h11-12,14,17H,4-10H2,1-3H3. The van der Waals surface area contributed by atoms with Gasteiger partial charge >= 0.3 is 0 Å². The highest BCUT2D eigenvalue weighted by Gasteiger charge is 2.29. The summed E-state index contributed by atoms with van der Waals surface area (Å²) in [7, 11) is 4.17. The molecule has 1 heterocycles. The summed E-state index contributed by atoms with van der Waals surface area (Å²) in [6.07, 6.45) is 6.86. The number of nitrogens with one attached hydrogen (secondary N) is 1. The fourth-order valence-corrected chi connectivity index (χ4v) is 2.76. The van der Waals surface area contributed by atoms with Crippen molar-refractivity contribution < 1.29 is 0 Å². The molecule has 0 aromatic carbocycles. The molecule has 1 fully saturated rings. The average molecular weight is 299 g/mol. The monoisotopic (exact) mass is 298 g/mol. The van der Waals surface area contributed by atoms with E-state index in [1.807, 2.05) is 0 Å². The molecule has 114 valence electrons. The van der Waals surface area contributed by atoms with E-state index in [9.17, 15) is 0 Å². The molecule has 0 radical (unpaired) electrons. The predicted octanol–water partition coefficient (Wildman–Crippen LogP) is 2.94. The van der Waals surface area contributed by atoms with Crippen LogP contribution in [-0.4, -0.2) is 41.9 Å². The Morgan fingerprint density at radius 1 is 1.50 bits per heavy atom. The van der Waals surface area contributed by atoms with Crippen LogP contribution < -0.4 is 5.32 Å². The van der Waals surface area contributed by atoms with Gasteiger partial charge in [-0.2, -0.15) is 5.10 Å². The second-order valence-corrected chi connectivity index (χ2v) is 6.50. The molecule has 1 atom stereocenters. The molecule has 2 rings (SSSR count). The van der Waals surface area contributed by atoms with Crippen molar-refractivity contribution in [2.45, 2.75) is 45.2 Å². The van der Waals surface area contributed by atoms with Crippen LogP contribution in [0.4, 0.5) is 0 Å². The van der Waals surface area contributed by atoms with Gasteiger partial charge in [-0.05, 0) is 39.4 Å². The fraction of sp³-hybridized carbons (Fsp3) is 0.800. The minimum atomic E-state index is 0.347. The molecule has 0 aliphatic heterocycles. The van der Waals surface area contributed by atoms with Gasteiger partial charge in [0.15, 0.2) is 0 Å². The molecular formula is C15H27ClN4. The van der Waals surface area contributed by atoms with Gasteiger partial charge in [0.2, 0.25) is 0 Å². The van der Waals surface area contributed by atoms with Gasteiger partial charge in [0.1, 0.15) is 0 Å². The van der Waals surface area contributed by atoms with Crippen LogP contribution in [0.3, 0.4) is 0 Å². The van der Waals surface area contributed by atoms with E-state index in [1.54, 1.807) is 6.20 Å². The third kappa shape index (κ3) is 4.47. The van der Waals surface area contributed by atoms with Gasteiger partial charge in [-0.25, -0.2) is 0 Å². The van der Waals surface area contributed by atoms with Gasteiger partial charge in [0, 0.05) is 6.54 Å². The third-order valence-electron chi connectivity index (χ3n) is 3.83. The zero-order chi connectivity index (χ0) is 14.5. The van der Waals surface area contributed by atoms with Gasteiger partial charge in [0.25, 0.3) is 0 Å². The van der Waals surface area contributed by atoms with Crippen molar-refractivity contribution in [2.24, 2.45) is 5.92 Å². The molecule has 4 nitrogen and oxygen atoms in total. The Labute approximate surface area is 127 Å². The summed E-state index contributed by atoms with van der Waals surface area (Å²) in [6.45, 7) is 5.11. The molecular weight excluding hydrogens is 272 g/mol. The highest BCUT2D eigenvalue weighted by Crippen LogP contribution is 2.39. The van der Waals surface area contributed by atoms with E-state index in [4.69, 9.17) is 11.6 Å². The summed E-state index contributed by atoms with van der Waals surface area (Å²) in [4.78, 5) is 2.18. The lowest BCUT2D eigenvalue weighted by Crippen LogP contribution is -2.27. The number of aromatic nitrogens is 2. The first-order chi connectivity index (χ1) is 9.61. The lowest BCUT2D eigenvalue weighted by atomic mass is 10.1. The molecule has 0 amide bonds. The Bertz CT molecular complexity index is 412. The number of halogens is 1. The Morgan fingerprint density at radius 2 is 2.25 bits per heavy atom. The summed E-state index contributed by atoms with van der Waals surface area (Å²) in [5, 5.41) is 8.92. The third-order valence-corrected chi connectivity index (χ3v) is 4.12. The van der Waals surface area contributed by atoms with Crippen molar-refractivity contribution in [2.75, 3.05) is 27.2 Å². The lowest BCUT2D eigenvalue weighted by molar-refractivity contribution is 0.357. The van der Waals surface area contributed by atoms with Crippen molar-refractivity contribution >= 4 is 11.6 Å². The topological polar surface area (TPSA) is 33.1 Å². The summed E-state index contributed by atoms with van der Waals surface area (Å²) < 4.78 is 2.08. The van der Waals surface area contributed by atoms with Crippen LogP contribution in [0.5, 0.6) is 0 Å². The highest BCUT2D eigenvalue weighted by atomic mass is 35.5. The molecule has 1 aromatic rings. The smallest absolute Gasteiger partial charge is 0.0834 e. The van der Waals surface area contributed by atoms with Crippen molar-refractivity contribution in [3.8, 4) is 0 Å². The van der Waals surface area contributed by atoms with Gasteiger partial charge < -0.3 is 10.2 Å². The largest absolute Gasteiger partial charge is 0.309 e. The molecule has 1 aliphatic carbocycles. The molecule has 1 aromatic heterocycles. The number of hydrogen-bond donors (Lipinski definition) is 1. The molecule has 1 unspecified atom stereocenters. The second-order valence-electron chi connectivity index (χ2n) is 6.09. The van der Waals surface area contributed by atoms with Crippen LogP contribution in [-0.2, 0) is 6.54 Å². The zero-order valence-electron chi connectivity index (χ0n) is 12.9. The van der Waals surface area contributed by atoms with Crippen molar-refractivity contribution in [1.29, 1.82) is 0 Å². The molecule has 20 heavy (non-hydrogen) atoms. The van der Waals surface area contributed by atoms with Crippen LogP contribution in [0.2, 0.25) is 5.02 Å². The minimum absolute atomic E-state index is 0.347. The quantitative estimate of drug-likeness (QED) is 0.761. The molecule has 0 bridgehead atoms. The van der Waals surface area contributed by atoms with E-state index in [0.717, 1.165) is 37.0 Å². The van der Waals surface area contributed by atoms with E-state index in [1.165, 1.54) is 25.0 Å². The molecule has 1 saturated carbocycles. The normalized spacial score (nSPS) is 16.9. The van der Waals surface area contributed by atoms with Crippen LogP contribution in [0.1, 0.15) is 44.3 Å². The first-order valence-electron chi connectivity index (χ1n) is 7.71. The Balaban J connectivity index is 2.10. The van der Waals surface area contributed by atoms with Crippen LogP contribution >= 0.6 is 11.6 Å².